The number of anilines is 1. The third kappa shape index (κ3) is 2.51. The van der Waals surface area contributed by atoms with Crippen molar-refractivity contribution >= 4 is 5.69 Å². The van der Waals surface area contributed by atoms with E-state index in [1.165, 1.54) is 23.2 Å². The summed E-state index contributed by atoms with van der Waals surface area (Å²) in [4.78, 5) is 0. The number of fused-ring (bicyclic) bond motifs is 1. The highest BCUT2D eigenvalue weighted by Gasteiger charge is 2.12. The smallest absolute Gasteiger partial charge is 0.0419 e. The first-order chi connectivity index (χ1) is 7.27. The van der Waals surface area contributed by atoms with Crippen molar-refractivity contribution in [3.8, 4) is 0 Å². The summed E-state index contributed by atoms with van der Waals surface area (Å²) in [5.74, 6) is 0.717. The zero-order valence-electron chi connectivity index (χ0n) is 9.64. The largest absolute Gasteiger partial charge is 0.384 e. The van der Waals surface area contributed by atoms with Crippen molar-refractivity contribution in [3.63, 3.8) is 0 Å². The minimum Gasteiger partial charge on any atom is -0.384 e. The second-order valence-corrected chi connectivity index (χ2v) is 4.65. The third-order valence-corrected chi connectivity index (χ3v) is 2.80. The summed E-state index contributed by atoms with van der Waals surface area (Å²) < 4.78 is 0. The van der Waals surface area contributed by atoms with Gasteiger partial charge in [0.25, 0.3) is 0 Å². The van der Waals surface area contributed by atoms with E-state index in [0.29, 0.717) is 0 Å². The summed E-state index contributed by atoms with van der Waals surface area (Å²) in [6.45, 7) is 7.63. The molecule has 2 heteroatoms. The van der Waals surface area contributed by atoms with Crippen molar-refractivity contribution in [2.75, 3.05) is 18.4 Å². The van der Waals surface area contributed by atoms with E-state index in [2.05, 4.69) is 42.7 Å². The Labute approximate surface area is 92.1 Å². The van der Waals surface area contributed by atoms with Gasteiger partial charge in [-0.15, -0.1) is 0 Å². The minimum atomic E-state index is 0.717. The van der Waals surface area contributed by atoms with Crippen molar-refractivity contribution < 1.29 is 0 Å². The van der Waals surface area contributed by atoms with Crippen LogP contribution in [0.1, 0.15) is 25.0 Å². The molecule has 0 unspecified atom stereocenters. The van der Waals surface area contributed by atoms with E-state index in [4.69, 9.17) is 0 Å². The number of para-hydroxylation sites is 1. The summed E-state index contributed by atoms with van der Waals surface area (Å²) in [6.07, 6.45) is 1.17. The highest BCUT2D eigenvalue weighted by atomic mass is 14.9. The lowest BCUT2D eigenvalue weighted by atomic mass is 10.1. The first-order valence-electron chi connectivity index (χ1n) is 5.82. The highest BCUT2D eigenvalue weighted by molar-refractivity contribution is 5.61. The second kappa shape index (κ2) is 4.67. The van der Waals surface area contributed by atoms with Gasteiger partial charge in [0.1, 0.15) is 0 Å². The van der Waals surface area contributed by atoms with E-state index < -0.39 is 0 Å². The molecule has 0 saturated carbocycles. The Kier molecular flexibility index (Phi) is 3.27. The van der Waals surface area contributed by atoms with Gasteiger partial charge in [-0.3, -0.25) is 0 Å². The molecule has 2 rings (SSSR count). The van der Waals surface area contributed by atoms with Crippen molar-refractivity contribution in [2.24, 2.45) is 5.92 Å². The molecule has 0 atom stereocenters. The molecule has 0 bridgehead atoms. The lowest BCUT2D eigenvalue weighted by molar-refractivity contribution is 0.553. The van der Waals surface area contributed by atoms with Gasteiger partial charge in [0, 0.05) is 18.8 Å². The van der Waals surface area contributed by atoms with E-state index in [-0.39, 0.29) is 0 Å². The van der Waals surface area contributed by atoms with Crippen LogP contribution < -0.4 is 10.6 Å². The minimum absolute atomic E-state index is 0.717. The summed E-state index contributed by atoms with van der Waals surface area (Å²) >= 11 is 0. The van der Waals surface area contributed by atoms with Crippen LogP contribution >= 0.6 is 0 Å². The second-order valence-electron chi connectivity index (χ2n) is 4.65. The molecular weight excluding hydrogens is 184 g/mol. The van der Waals surface area contributed by atoms with Crippen LogP contribution in [0.3, 0.4) is 0 Å². The highest BCUT2D eigenvalue weighted by Crippen LogP contribution is 2.26. The Morgan fingerprint density at radius 2 is 2.27 bits per heavy atom. The molecule has 15 heavy (non-hydrogen) atoms. The monoisotopic (exact) mass is 204 g/mol. The Bertz CT molecular complexity index is 331. The number of rotatable bonds is 4. The Morgan fingerprint density at radius 1 is 1.40 bits per heavy atom. The molecule has 0 aromatic heterocycles. The molecule has 1 aliphatic rings. The molecular formula is C13H20N2. The third-order valence-electron chi connectivity index (χ3n) is 2.80. The van der Waals surface area contributed by atoms with Gasteiger partial charge < -0.3 is 10.6 Å². The van der Waals surface area contributed by atoms with Crippen LogP contribution in [0.4, 0.5) is 5.69 Å². The fourth-order valence-electron chi connectivity index (χ4n) is 2.05. The quantitative estimate of drug-likeness (QED) is 0.787. The predicted molar refractivity (Wildman–Crippen MR) is 65.2 cm³/mol. The average molecular weight is 204 g/mol. The number of benzene rings is 1. The molecule has 1 heterocycles. The normalized spacial score (nSPS) is 14.1. The van der Waals surface area contributed by atoms with E-state index in [1.54, 1.807) is 0 Å². The van der Waals surface area contributed by atoms with Crippen molar-refractivity contribution in [2.45, 2.75) is 26.8 Å². The summed E-state index contributed by atoms with van der Waals surface area (Å²) in [5.41, 5.74) is 4.25. The summed E-state index contributed by atoms with van der Waals surface area (Å²) in [5, 5.41) is 6.96. The first kappa shape index (κ1) is 10.5. The van der Waals surface area contributed by atoms with Gasteiger partial charge in [-0.2, -0.15) is 0 Å². The SMILES string of the molecule is CC(C)CNCc1cccc2c1NCC2. The van der Waals surface area contributed by atoms with Crippen molar-refractivity contribution in [1.82, 2.24) is 5.32 Å². The van der Waals surface area contributed by atoms with Crippen LogP contribution in [0.25, 0.3) is 0 Å². The molecule has 0 radical (unpaired) electrons. The number of hydrogen-bond acceptors (Lipinski definition) is 2. The van der Waals surface area contributed by atoms with E-state index in [0.717, 1.165) is 25.6 Å². The Hall–Kier alpha value is -1.02. The lowest BCUT2D eigenvalue weighted by Gasteiger charge is -2.11. The van der Waals surface area contributed by atoms with Crippen LogP contribution in [-0.4, -0.2) is 13.1 Å². The van der Waals surface area contributed by atoms with E-state index in [1.807, 2.05) is 0 Å². The van der Waals surface area contributed by atoms with Gasteiger partial charge >= 0.3 is 0 Å². The molecule has 0 saturated heterocycles. The maximum absolute atomic E-state index is 3.49. The molecule has 82 valence electrons. The fraction of sp³-hybridized carbons (Fsp3) is 0.538. The zero-order valence-corrected chi connectivity index (χ0v) is 9.64. The topological polar surface area (TPSA) is 24.1 Å². The summed E-state index contributed by atoms with van der Waals surface area (Å²) in [7, 11) is 0. The van der Waals surface area contributed by atoms with Crippen LogP contribution in [-0.2, 0) is 13.0 Å². The molecule has 0 spiro atoms. The number of nitrogens with one attached hydrogen (secondary N) is 2. The van der Waals surface area contributed by atoms with Crippen molar-refractivity contribution in [3.05, 3.63) is 29.3 Å². The standard InChI is InChI=1S/C13H20N2/c1-10(2)8-14-9-12-5-3-4-11-6-7-15-13(11)12/h3-5,10,14-15H,6-9H2,1-2H3. The van der Waals surface area contributed by atoms with Crippen LogP contribution in [0.15, 0.2) is 18.2 Å². The van der Waals surface area contributed by atoms with Gasteiger partial charge in [-0.05, 0) is 30.0 Å². The zero-order chi connectivity index (χ0) is 10.7. The first-order valence-corrected chi connectivity index (χ1v) is 5.82. The molecule has 1 aliphatic heterocycles. The predicted octanol–water partition coefficient (Wildman–Crippen LogP) is 2.40. The molecule has 0 aliphatic carbocycles. The summed E-state index contributed by atoms with van der Waals surface area (Å²) in [6, 6.07) is 6.60. The molecule has 2 nitrogen and oxygen atoms in total. The molecule has 2 N–H and O–H groups in total. The van der Waals surface area contributed by atoms with Gasteiger partial charge in [0.15, 0.2) is 0 Å². The van der Waals surface area contributed by atoms with Crippen molar-refractivity contribution in [1.29, 1.82) is 0 Å². The average Bonchev–Trinajstić information content (AvgIpc) is 2.65. The number of hydrogen-bond donors (Lipinski definition) is 2. The molecule has 1 aromatic rings. The van der Waals surface area contributed by atoms with Gasteiger partial charge in [0.2, 0.25) is 0 Å². The van der Waals surface area contributed by atoms with Gasteiger partial charge in [-0.25, -0.2) is 0 Å². The van der Waals surface area contributed by atoms with Crippen LogP contribution in [0.2, 0.25) is 0 Å². The maximum atomic E-state index is 3.49. The van der Waals surface area contributed by atoms with Gasteiger partial charge in [0.05, 0.1) is 0 Å². The molecule has 0 amide bonds. The maximum Gasteiger partial charge on any atom is 0.0419 e. The molecule has 0 fully saturated rings. The van der Waals surface area contributed by atoms with Crippen LogP contribution in [0.5, 0.6) is 0 Å². The van der Waals surface area contributed by atoms with E-state index >= 15 is 0 Å². The lowest BCUT2D eigenvalue weighted by Crippen LogP contribution is -2.19. The van der Waals surface area contributed by atoms with Gasteiger partial charge in [-0.1, -0.05) is 32.0 Å². The van der Waals surface area contributed by atoms with Crippen LogP contribution in [0, 0.1) is 5.92 Å². The molecule has 1 aromatic carbocycles. The Morgan fingerprint density at radius 3 is 3.07 bits per heavy atom. The fourth-order valence-corrected chi connectivity index (χ4v) is 2.05. The Balaban J connectivity index is 2.00. The van der Waals surface area contributed by atoms with E-state index in [9.17, 15) is 0 Å².